The average molecular weight is 371 g/mol. The Morgan fingerprint density at radius 3 is 2.41 bits per heavy atom. The van der Waals surface area contributed by atoms with Crippen molar-refractivity contribution in [1.29, 1.82) is 0 Å². The van der Waals surface area contributed by atoms with Crippen molar-refractivity contribution in [2.24, 2.45) is 0 Å². The number of anilines is 2. The summed E-state index contributed by atoms with van der Waals surface area (Å²) < 4.78 is 10.4. The number of methoxy groups -OCH3 is 1. The van der Waals surface area contributed by atoms with Gasteiger partial charge in [-0.3, -0.25) is 4.79 Å². The van der Waals surface area contributed by atoms with Gasteiger partial charge in [0.05, 0.1) is 6.10 Å². The van der Waals surface area contributed by atoms with Crippen LogP contribution in [0.2, 0.25) is 0 Å². The molecule has 7 nitrogen and oxygen atoms in total. The van der Waals surface area contributed by atoms with E-state index in [4.69, 9.17) is 9.47 Å². The van der Waals surface area contributed by atoms with Crippen LogP contribution in [-0.2, 0) is 16.1 Å². The van der Waals surface area contributed by atoms with Crippen LogP contribution < -0.4 is 20.7 Å². The second-order valence-electron chi connectivity index (χ2n) is 6.18. The van der Waals surface area contributed by atoms with E-state index in [1.165, 1.54) is 7.11 Å². The number of hydrogen-bond acceptors (Lipinski definition) is 4. The molecule has 0 bridgehead atoms. The van der Waals surface area contributed by atoms with Gasteiger partial charge in [-0.05, 0) is 49.7 Å². The Morgan fingerprint density at radius 1 is 1.00 bits per heavy atom. The molecule has 0 aromatic heterocycles. The first-order chi connectivity index (χ1) is 13.0. The van der Waals surface area contributed by atoms with Crippen LogP contribution in [0, 0.1) is 0 Å². The zero-order valence-corrected chi connectivity index (χ0v) is 15.7. The number of carbonyl (C=O) groups is 2. The molecule has 0 fully saturated rings. The molecule has 3 amide bonds. The van der Waals surface area contributed by atoms with Crippen LogP contribution in [0.15, 0.2) is 48.5 Å². The maximum absolute atomic E-state index is 12.1. The summed E-state index contributed by atoms with van der Waals surface area (Å²) in [5.74, 6) is 0.506. The van der Waals surface area contributed by atoms with E-state index in [1.54, 1.807) is 24.3 Å². The van der Waals surface area contributed by atoms with Crippen molar-refractivity contribution in [3.8, 4) is 5.75 Å². The minimum atomic E-state index is -0.342. The predicted octanol–water partition coefficient (Wildman–Crippen LogP) is 3.38. The Kier molecular flexibility index (Phi) is 7.63. The smallest absolute Gasteiger partial charge is 0.319 e. The van der Waals surface area contributed by atoms with Crippen LogP contribution in [-0.4, -0.2) is 31.8 Å². The lowest BCUT2D eigenvalue weighted by molar-refractivity contribution is -0.119. The highest BCUT2D eigenvalue weighted by atomic mass is 16.5. The lowest BCUT2D eigenvalue weighted by Crippen LogP contribution is -2.28. The maximum Gasteiger partial charge on any atom is 0.319 e. The molecule has 27 heavy (non-hydrogen) atoms. The monoisotopic (exact) mass is 371 g/mol. The topological polar surface area (TPSA) is 88.7 Å². The van der Waals surface area contributed by atoms with Gasteiger partial charge in [0.2, 0.25) is 5.91 Å². The Hall–Kier alpha value is -3.06. The molecule has 3 N–H and O–H groups in total. The highest BCUT2D eigenvalue weighted by Crippen LogP contribution is 2.16. The fraction of sp³-hybridized carbons (Fsp3) is 0.300. The maximum atomic E-state index is 12.1. The molecular weight excluding hydrogens is 346 g/mol. The molecule has 0 aliphatic heterocycles. The van der Waals surface area contributed by atoms with Crippen molar-refractivity contribution < 1.29 is 19.1 Å². The van der Waals surface area contributed by atoms with Gasteiger partial charge in [0.15, 0.2) is 0 Å². The van der Waals surface area contributed by atoms with Gasteiger partial charge in [0.1, 0.15) is 12.4 Å². The largest absolute Gasteiger partial charge is 0.491 e. The second-order valence-corrected chi connectivity index (χ2v) is 6.18. The summed E-state index contributed by atoms with van der Waals surface area (Å²) in [5.41, 5.74) is 2.08. The lowest BCUT2D eigenvalue weighted by atomic mass is 10.2. The van der Waals surface area contributed by atoms with Crippen LogP contribution in [0.4, 0.5) is 16.2 Å². The number of hydrogen-bond donors (Lipinski definition) is 3. The highest BCUT2D eigenvalue weighted by Gasteiger charge is 2.06. The van der Waals surface area contributed by atoms with E-state index in [0.29, 0.717) is 17.9 Å². The summed E-state index contributed by atoms with van der Waals surface area (Å²) >= 11 is 0. The molecule has 0 aliphatic carbocycles. The first-order valence-electron chi connectivity index (χ1n) is 8.65. The van der Waals surface area contributed by atoms with Gasteiger partial charge >= 0.3 is 6.03 Å². The Morgan fingerprint density at radius 2 is 1.70 bits per heavy atom. The summed E-state index contributed by atoms with van der Waals surface area (Å²) in [7, 11) is 1.45. The molecule has 0 atom stereocenters. The molecule has 0 aliphatic rings. The van der Waals surface area contributed by atoms with Gasteiger partial charge in [0.25, 0.3) is 0 Å². The summed E-state index contributed by atoms with van der Waals surface area (Å²) in [6, 6.07) is 14.1. The molecule has 2 aromatic carbocycles. The zero-order chi connectivity index (χ0) is 19.6. The number of carbonyl (C=O) groups excluding carboxylic acids is 2. The molecular formula is C20H25N3O4. The fourth-order valence-electron chi connectivity index (χ4n) is 2.36. The Balaban J connectivity index is 1.88. The lowest BCUT2D eigenvalue weighted by Gasteiger charge is -2.12. The van der Waals surface area contributed by atoms with Crippen molar-refractivity contribution in [3.63, 3.8) is 0 Å². The third-order valence-corrected chi connectivity index (χ3v) is 3.40. The molecule has 0 heterocycles. The van der Waals surface area contributed by atoms with Crippen LogP contribution in [0.1, 0.15) is 19.4 Å². The van der Waals surface area contributed by atoms with Crippen LogP contribution in [0.5, 0.6) is 5.75 Å². The van der Waals surface area contributed by atoms with Gasteiger partial charge < -0.3 is 25.4 Å². The normalized spacial score (nSPS) is 10.4. The van der Waals surface area contributed by atoms with Gasteiger partial charge in [-0.25, -0.2) is 4.79 Å². The molecule has 2 aromatic rings. The van der Waals surface area contributed by atoms with Crippen molar-refractivity contribution in [2.45, 2.75) is 26.5 Å². The van der Waals surface area contributed by atoms with E-state index < -0.39 is 0 Å². The van der Waals surface area contributed by atoms with Crippen LogP contribution in [0.25, 0.3) is 0 Å². The number of urea groups is 1. The van der Waals surface area contributed by atoms with Crippen LogP contribution in [0.3, 0.4) is 0 Å². The number of amides is 3. The Bertz CT molecular complexity index is 777. The summed E-state index contributed by atoms with van der Waals surface area (Å²) in [5, 5.41) is 8.22. The fourth-order valence-corrected chi connectivity index (χ4v) is 2.36. The van der Waals surface area contributed by atoms with E-state index >= 15 is 0 Å². The van der Waals surface area contributed by atoms with Crippen LogP contribution >= 0.6 is 0 Å². The molecule has 7 heteroatoms. The standard InChI is InChI=1S/C20H25N3O4/c1-14(2)27-18-9-4-6-15(10-18)12-21-20(25)23-17-8-5-7-16(11-17)22-19(24)13-26-3/h4-11,14H,12-13H2,1-3H3,(H,22,24)(H2,21,23,25). The molecule has 0 saturated heterocycles. The number of rotatable bonds is 8. The average Bonchev–Trinajstić information content (AvgIpc) is 2.60. The third-order valence-electron chi connectivity index (χ3n) is 3.40. The first-order valence-corrected chi connectivity index (χ1v) is 8.65. The van der Waals surface area contributed by atoms with Crippen molar-refractivity contribution in [1.82, 2.24) is 5.32 Å². The minimum absolute atomic E-state index is 0.0300. The van der Waals surface area contributed by atoms with E-state index in [-0.39, 0.29) is 24.6 Å². The van der Waals surface area contributed by atoms with Gasteiger partial charge in [-0.1, -0.05) is 18.2 Å². The molecule has 0 spiro atoms. The molecule has 144 valence electrons. The first kappa shape index (κ1) is 20.3. The third kappa shape index (κ3) is 7.37. The zero-order valence-electron chi connectivity index (χ0n) is 15.7. The number of ether oxygens (including phenoxy) is 2. The molecule has 0 saturated carbocycles. The van der Waals surface area contributed by atoms with E-state index in [2.05, 4.69) is 16.0 Å². The summed E-state index contributed by atoms with van der Waals surface area (Å²) in [4.78, 5) is 23.7. The quantitative estimate of drug-likeness (QED) is 0.664. The van der Waals surface area contributed by atoms with E-state index in [9.17, 15) is 9.59 Å². The number of benzene rings is 2. The van der Waals surface area contributed by atoms with E-state index in [0.717, 1.165) is 11.3 Å². The van der Waals surface area contributed by atoms with Crippen molar-refractivity contribution in [3.05, 3.63) is 54.1 Å². The van der Waals surface area contributed by atoms with Gasteiger partial charge in [0, 0.05) is 25.0 Å². The van der Waals surface area contributed by atoms with Gasteiger partial charge in [-0.15, -0.1) is 0 Å². The molecule has 0 radical (unpaired) electrons. The van der Waals surface area contributed by atoms with Gasteiger partial charge in [-0.2, -0.15) is 0 Å². The summed E-state index contributed by atoms with van der Waals surface area (Å²) in [6.45, 7) is 4.26. The highest BCUT2D eigenvalue weighted by molar-refractivity contribution is 5.94. The minimum Gasteiger partial charge on any atom is -0.491 e. The van der Waals surface area contributed by atoms with E-state index in [1.807, 2.05) is 38.1 Å². The van der Waals surface area contributed by atoms with Crippen molar-refractivity contribution in [2.75, 3.05) is 24.4 Å². The Labute approximate surface area is 159 Å². The van der Waals surface area contributed by atoms with Crippen molar-refractivity contribution >= 4 is 23.3 Å². The molecule has 2 rings (SSSR count). The SMILES string of the molecule is COCC(=O)Nc1cccc(NC(=O)NCc2cccc(OC(C)C)c2)c1. The second kappa shape index (κ2) is 10.2. The predicted molar refractivity (Wildman–Crippen MR) is 105 cm³/mol. The number of nitrogens with one attached hydrogen (secondary N) is 3. The summed E-state index contributed by atoms with van der Waals surface area (Å²) in [6.07, 6.45) is 0.0909. The molecule has 0 unspecified atom stereocenters.